The third-order valence-corrected chi connectivity index (χ3v) is 0. The van der Waals surface area contributed by atoms with Crippen LogP contribution < -0.4 is 0 Å². The molecule has 0 bridgehead atoms. The molecule has 29 valence electrons. The second-order valence-electron chi connectivity index (χ2n) is 0. The molecule has 0 N–H and O–H groups in total. The molecular weight excluding hydrogens is 351 g/mol. The molecule has 0 aromatic carbocycles. The van der Waals surface area contributed by atoms with Gasteiger partial charge in [0.2, 0.25) is 0 Å². The first-order chi connectivity index (χ1) is 0. The Kier molecular flexibility index (Phi) is 160. The third kappa shape index (κ3) is 8.87. The fraction of sp³-hybridized carbons (Fsp3) is 0. The molecule has 0 aliphatic heterocycles. The van der Waals surface area contributed by atoms with Gasteiger partial charge < -0.3 is 0 Å². The van der Waals surface area contributed by atoms with Crippen molar-refractivity contribution in [1.82, 2.24) is 0 Å². The van der Waals surface area contributed by atoms with E-state index in [0.717, 1.165) is 0 Å². The monoisotopic (exact) mass is 351 g/mol. The fourth-order valence-corrected chi connectivity index (χ4v) is 0. The van der Waals surface area contributed by atoms with Crippen LogP contribution in [-0.4, -0.2) is 0 Å². The Morgan fingerprint density at radius 3 is 1.00 bits per heavy atom. The first-order valence-corrected chi connectivity index (χ1v) is 0. The van der Waals surface area contributed by atoms with Gasteiger partial charge in [0.15, 0.2) is 0 Å². The standard InChI is InChI=1S/Co.Cr.Fe.W. The van der Waals surface area contributed by atoms with E-state index in [0.29, 0.717) is 0 Å². The molecule has 0 fully saturated rings. The Morgan fingerprint density at radius 2 is 1.00 bits per heavy atom. The van der Waals surface area contributed by atoms with Gasteiger partial charge in [-0.05, 0) is 0 Å². The molecule has 0 atom stereocenters. The molecule has 0 spiro atoms. The number of hydrogen-bond donors (Lipinski definition) is 0. The van der Waals surface area contributed by atoms with Gasteiger partial charge in [-0.1, -0.05) is 0 Å². The van der Waals surface area contributed by atoms with Crippen LogP contribution in [0.25, 0.3) is 0 Å². The van der Waals surface area contributed by atoms with Crippen LogP contribution in [0.2, 0.25) is 0 Å². The largest absolute Gasteiger partial charge is 0 e. The number of hydrogen-bond acceptors (Lipinski definition) is 0. The molecule has 0 saturated heterocycles. The Morgan fingerprint density at radius 1 is 1.00 bits per heavy atom. The van der Waals surface area contributed by atoms with E-state index in [9.17, 15) is 0 Å². The van der Waals surface area contributed by atoms with E-state index in [1.807, 2.05) is 0 Å². The van der Waals surface area contributed by atoms with Gasteiger partial charge >= 0.3 is 0 Å². The van der Waals surface area contributed by atoms with E-state index in [-0.39, 0.29) is 72.3 Å². The summed E-state index contributed by atoms with van der Waals surface area (Å²) < 4.78 is 0. The van der Waals surface area contributed by atoms with Gasteiger partial charge in [-0.2, -0.15) is 0 Å². The SMILES string of the molecule is [Co].[Cr].[Fe].[W]. The molecule has 0 nitrogen and oxygen atoms in total. The second kappa shape index (κ2) is 18.7. The average Bonchev–Trinajstić information content (AvgIpc) is 0. The summed E-state index contributed by atoms with van der Waals surface area (Å²) in [4.78, 5) is 0. The molecule has 0 aliphatic carbocycles. The Balaban J connectivity index is 0. The second-order valence-corrected chi connectivity index (χ2v) is 0. The summed E-state index contributed by atoms with van der Waals surface area (Å²) in [6.07, 6.45) is 0. The summed E-state index contributed by atoms with van der Waals surface area (Å²) in [6, 6.07) is 0. The summed E-state index contributed by atoms with van der Waals surface area (Å²) in [5.74, 6) is 0. The molecule has 0 aliphatic rings. The first-order valence-electron chi connectivity index (χ1n) is 0. The van der Waals surface area contributed by atoms with E-state index in [4.69, 9.17) is 0 Å². The van der Waals surface area contributed by atoms with E-state index in [1.165, 1.54) is 0 Å². The molecule has 0 rings (SSSR count). The van der Waals surface area contributed by atoms with E-state index >= 15 is 0 Å². The summed E-state index contributed by atoms with van der Waals surface area (Å²) in [7, 11) is 0. The Bertz CT molecular complexity index is 8.00. The van der Waals surface area contributed by atoms with Crippen LogP contribution in [0.4, 0.5) is 0 Å². The van der Waals surface area contributed by atoms with E-state index in [2.05, 4.69) is 0 Å². The molecule has 0 unspecified atom stereocenters. The van der Waals surface area contributed by atoms with Crippen molar-refractivity contribution in [2.75, 3.05) is 0 Å². The van der Waals surface area contributed by atoms with Crippen molar-refractivity contribution in [2.45, 2.75) is 0 Å². The molecule has 0 heterocycles. The van der Waals surface area contributed by atoms with Gasteiger partial charge in [-0.15, -0.1) is 0 Å². The minimum Gasteiger partial charge on any atom is 0 e. The van der Waals surface area contributed by atoms with Crippen molar-refractivity contribution in [1.29, 1.82) is 0 Å². The topological polar surface area (TPSA) is 0 Å². The number of rotatable bonds is 0. The normalized spacial score (nSPS) is 0. The van der Waals surface area contributed by atoms with Crippen molar-refractivity contribution in [3.05, 3.63) is 0 Å². The third-order valence-electron chi connectivity index (χ3n) is 0. The Labute approximate surface area is 71.5 Å². The smallest absolute Gasteiger partial charge is 0 e. The van der Waals surface area contributed by atoms with Gasteiger partial charge in [-0.3, -0.25) is 0 Å². The zero-order valence-electron chi connectivity index (χ0n) is 1.50. The van der Waals surface area contributed by atoms with Gasteiger partial charge in [0.1, 0.15) is 0 Å². The summed E-state index contributed by atoms with van der Waals surface area (Å²) in [5, 5.41) is 0. The van der Waals surface area contributed by atoms with Gasteiger partial charge in [-0.25, -0.2) is 0 Å². The molecule has 4 heteroatoms. The van der Waals surface area contributed by atoms with Crippen LogP contribution >= 0.6 is 0 Å². The van der Waals surface area contributed by atoms with Crippen molar-refractivity contribution in [3.8, 4) is 0 Å². The summed E-state index contributed by atoms with van der Waals surface area (Å²) >= 11 is 0. The minimum absolute atomic E-state index is 0. The van der Waals surface area contributed by atoms with Gasteiger partial charge in [0.05, 0.1) is 0 Å². The van der Waals surface area contributed by atoms with Crippen molar-refractivity contribution in [3.63, 3.8) is 0 Å². The summed E-state index contributed by atoms with van der Waals surface area (Å²) in [5.41, 5.74) is 0. The first kappa shape index (κ1) is 34.1. The van der Waals surface area contributed by atoms with Crippen LogP contribution in [0.1, 0.15) is 0 Å². The van der Waals surface area contributed by atoms with Crippen molar-refractivity contribution < 1.29 is 72.3 Å². The van der Waals surface area contributed by atoms with Crippen molar-refractivity contribution in [2.24, 2.45) is 0 Å². The zero-order valence-corrected chi connectivity index (χ0v) is 7.86. The molecule has 1 radical (unpaired) electrons. The van der Waals surface area contributed by atoms with Crippen LogP contribution in [0, 0.1) is 0 Å². The molecule has 0 aromatic heterocycles. The van der Waals surface area contributed by atoms with E-state index < -0.39 is 0 Å². The Hall–Kier alpha value is 2.25. The van der Waals surface area contributed by atoms with Crippen LogP contribution in [0.3, 0.4) is 0 Å². The van der Waals surface area contributed by atoms with Crippen LogP contribution in [-0.2, 0) is 72.3 Å². The molecule has 4 heavy (non-hydrogen) atoms. The molecule has 0 amide bonds. The maximum absolute atomic E-state index is 0. The molecule has 0 saturated carbocycles. The molecule has 0 aromatic rings. The van der Waals surface area contributed by atoms with Gasteiger partial charge in [0, 0.05) is 72.3 Å². The average molecular weight is 351 g/mol. The predicted octanol–water partition coefficient (Wildman–Crippen LogP) is -0.0100. The fourth-order valence-electron chi connectivity index (χ4n) is 0. The summed E-state index contributed by atoms with van der Waals surface area (Å²) in [6.45, 7) is 0. The van der Waals surface area contributed by atoms with Crippen LogP contribution in [0.5, 0.6) is 0 Å². The van der Waals surface area contributed by atoms with Crippen LogP contribution in [0.15, 0.2) is 0 Å². The quantitative estimate of drug-likeness (QED) is 0.539. The van der Waals surface area contributed by atoms with Gasteiger partial charge in [0.25, 0.3) is 0 Å². The molecular formula is CoCrFeW. The predicted molar refractivity (Wildman–Crippen MR) is 0 cm³/mol. The maximum Gasteiger partial charge on any atom is 0 e. The van der Waals surface area contributed by atoms with E-state index in [1.54, 1.807) is 0 Å². The minimum atomic E-state index is 0. The zero-order chi connectivity index (χ0) is 0. The van der Waals surface area contributed by atoms with Crippen molar-refractivity contribution >= 4 is 0 Å². The maximum atomic E-state index is 0.